The Kier molecular flexibility index (Phi) is 9.52. The molecule has 0 fully saturated rings. The van der Waals surface area contributed by atoms with Crippen LogP contribution < -0.4 is 5.32 Å². The van der Waals surface area contributed by atoms with Crippen molar-refractivity contribution in [2.24, 2.45) is 0 Å². The van der Waals surface area contributed by atoms with E-state index in [1.165, 1.54) is 27.1 Å². The molecule has 0 bridgehead atoms. The van der Waals surface area contributed by atoms with Crippen LogP contribution >= 0.6 is 46.1 Å². The summed E-state index contributed by atoms with van der Waals surface area (Å²) in [5.74, 6) is -0.442. The van der Waals surface area contributed by atoms with E-state index in [9.17, 15) is 9.90 Å². The third-order valence-electron chi connectivity index (χ3n) is 7.82. The SMILES string of the molecule is CN[C@H]1CC[C@@H](c2ccc(Cl)c(Cl)c2)c2ccccc21.O=C(O)[C@H](c1ccccc1Cl)N1CCc2sccc2C1. The van der Waals surface area contributed by atoms with Gasteiger partial charge in [0.2, 0.25) is 0 Å². The smallest absolute Gasteiger partial charge is 0.325 e. The molecule has 4 aromatic rings. The molecule has 3 aromatic carbocycles. The van der Waals surface area contributed by atoms with Crippen LogP contribution in [0, 0.1) is 0 Å². The molecular formula is C32H31Cl3N2O2S. The third kappa shape index (κ3) is 6.25. The Balaban J connectivity index is 0.000000161. The Hall–Kier alpha value is -2.38. The summed E-state index contributed by atoms with van der Waals surface area (Å²) in [7, 11) is 2.03. The summed E-state index contributed by atoms with van der Waals surface area (Å²) in [5.41, 5.74) is 5.95. The topological polar surface area (TPSA) is 52.6 Å². The van der Waals surface area contributed by atoms with Crippen molar-refractivity contribution in [2.45, 2.75) is 43.8 Å². The van der Waals surface area contributed by atoms with Gasteiger partial charge in [-0.05, 0) is 83.8 Å². The van der Waals surface area contributed by atoms with Crippen molar-refractivity contribution >= 4 is 52.1 Å². The zero-order valence-electron chi connectivity index (χ0n) is 22.1. The molecular weight excluding hydrogens is 583 g/mol. The molecule has 1 aliphatic carbocycles. The normalized spacial score (nSPS) is 19.1. The number of carboxylic acid groups (broad SMARTS) is 1. The fourth-order valence-corrected chi connectivity index (χ4v) is 7.27. The van der Waals surface area contributed by atoms with Crippen molar-refractivity contribution in [3.05, 3.63) is 126 Å². The zero-order chi connectivity index (χ0) is 28.2. The first-order valence-electron chi connectivity index (χ1n) is 13.3. The molecule has 0 saturated heterocycles. The van der Waals surface area contributed by atoms with Gasteiger partial charge in [-0.2, -0.15) is 0 Å². The fourth-order valence-electron chi connectivity index (χ4n) is 5.84. The number of carbonyl (C=O) groups is 1. The number of carboxylic acids is 1. The first-order valence-corrected chi connectivity index (χ1v) is 15.4. The Morgan fingerprint density at radius 1 is 0.950 bits per heavy atom. The quantitative estimate of drug-likeness (QED) is 0.236. The number of hydrogen-bond acceptors (Lipinski definition) is 4. The zero-order valence-corrected chi connectivity index (χ0v) is 25.2. The maximum absolute atomic E-state index is 11.7. The molecule has 2 aliphatic rings. The first kappa shape index (κ1) is 29.1. The molecule has 3 atom stereocenters. The third-order valence-corrected chi connectivity index (χ3v) is 9.93. The van der Waals surface area contributed by atoms with Crippen molar-refractivity contribution in [2.75, 3.05) is 13.6 Å². The van der Waals surface area contributed by atoms with E-state index in [0.29, 0.717) is 39.1 Å². The van der Waals surface area contributed by atoms with Crippen molar-refractivity contribution in [1.29, 1.82) is 0 Å². The number of rotatable bonds is 5. The minimum Gasteiger partial charge on any atom is -0.480 e. The van der Waals surface area contributed by atoms with Crippen LogP contribution in [0.5, 0.6) is 0 Å². The van der Waals surface area contributed by atoms with Gasteiger partial charge >= 0.3 is 5.97 Å². The summed E-state index contributed by atoms with van der Waals surface area (Å²) in [4.78, 5) is 15.1. The standard InChI is InChI=1S/C17H17Cl2N.C15H14ClNO2S/c1-20-17-9-7-12(13-4-2-3-5-14(13)17)11-6-8-15(18)16(19)10-11;16-12-4-2-1-3-11(12)14(15(18)19)17-7-5-13-10(9-17)6-8-20-13/h2-6,8,10,12,17,20H,7,9H2,1H3;1-4,6,8,14H,5,7,9H2,(H,18,19)/t12-,17-;14-/m00/s1. The molecule has 1 aliphatic heterocycles. The fraction of sp³-hybridized carbons (Fsp3) is 0.281. The van der Waals surface area contributed by atoms with Crippen LogP contribution in [0.1, 0.15) is 63.5 Å². The molecule has 2 N–H and O–H groups in total. The lowest BCUT2D eigenvalue weighted by molar-refractivity contribution is -0.144. The van der Waals surface area contributed by atoms with Crippen molar-refractivity contribution in [3.8, 4) is 0 Å². The maximum Gasteiger partial charge on any atom is 0.325 e. The summed E-state index contributed by atoms with van der Waals surface area (Å²) in [6, 6.07) is 23.7. The monoisotopic (exact) mass is 612 g/mol. The molecule has 0 spiro atoms. The van der Waals surface area contributed by atoms with Crippen molar-refractivity contribution in [1.82, 2.24) is 10.2 Å². The van der Waals surface area contributed by atoms with Crippen LogP contribution in [0.4, 0.5) is 0 Å². The van der Waals surface area contributed by atoms with Gasteiger partial charge in [-0.15, -0.1) is 11.3 Å². The molecule has 2 heterocycles. The van der Waals surface area contributed by atoms with E-state index >= 15 is 0 Å². The first-order chi connectivity index (χ1) is 19.4. The number of aliphatic carboxylic acids is 1. The van der Waals surface area contributed by atoms with Gasteiger partial charge in [-0.1, -0.05) is 83.3 Å². The van der Waals surface area contributed by atoms with E-state index in [4.69, 9.17) is 34.8 Å². The van der Waals surface area contributed by atoms with Crippen LogP contribution in [-0.2, 0) is 17.8 Å². The Bertz CT molecular complexity index is 1490. The molecule has 1 aromatic heterocycles. The highest BCUT2D eigenvalue weighted by molar-refractivity contribution is 7.10. The van der Waals surface area contributed by atoms with E-state index in [1.54, 1.807) is 23.5 Å². The average Bonchev–Trinajstić information content (AvgIpc) is 3.43. The minimum absolute atomic E-state index is 0.408. The summed E-state index contributed by atoms with van der Waals surface area (Å²) in [6.07, 6.45) is 3.17. The lowest BCUT2D eigenvalue weighted by Gasteiger charge is -2.32. The highest BCUT2D eigenvalue weighted by Gasteiger charge is 2.32. The van der Waals surface area contributed by atoms with Gasteiger partial charge in [0.05, 0.1) is 10.0 Å². The lowest BCUT2D eigenvalue weighted by atomic mass is 9.77. The van der Waals surface area contributed by atoms with E-state index in [1.807, 2.05) is 36.2 Å². The number of hydrogen-bond donors (Lipinski definition) is 2. The number of nitrogens with zero attached hydrogens (tertiary/aromatic N) is 1. The number of nitrogens with one attached hydrogen (secondary N) is 1. The Morgan fingerprint density at radius 2 is 1.70 bits per heavy atom. The van der Waals surface area contributed by atoms with Crippen LogP contribution in [0.2, 0.25) is 15.1 Å². The highest BCUT2D eigenvalue weighted by atomic mass is 35.5. The van der Waals surface area contributed by atoms with Crippen LogP contribution in [0.25, 0.3) is 0 Å². The minimum atomic E-state index is -0.850. The summed E-state index contributed by atoms with van der Waals surface area (Å²) >= 11 is 20.1. The van der Waals surface area contributed by atoms with Gasteiger partial charge in [0.25, 0.3) is 0 Å². The van der Waals surface area contributed by atoms with E-state index in [0.717, 1.165) is 25.8 Å². The second-order valence-corrected chi connectivity index (χ2v) is 12.3. The second-order valence-electron chi connectivity index (χ2n) is 10.1. The predicted octanol–water partition coefficient (Wildman–Crippen LogP) is 8.77. The van der Waals surface area contributed by atoms with Crippen molar-refractivity contribution in [3.63, 3.8) is 0 Å². The van der Waals surface area contributed by atoms with E-state index in [2.05, 4.69) is 47.1 Å². The largest absolute Gasteiger partial charge is 0.480 e. The molecule has 208 valence electrons. The van der Waals surface area contributed by atoms with Crippen LogP contribution in [0.15, 0.2) is 78.2 Å². The number of benzene rings is 3. The summed E-state index contributed by atoms with van der Waals surface area (Å²) in [5, 5.41) is 16.8. The van der Waals surface area contributed by atoms with Gasteiger partial charge < -0.3 is 10.4 Å². The molecule has 4 nitrogen and oxygen atoms in total. The molecule has 0 saturated carbocycles. The van der Waals surface area contributed by atoms with Gasteiger partial charge in [-0.25, -0.2) is 0 Å². The van der Waals surface area contributed by atoms with Crippen LogP contribution in [0.3, 0.4) is 0 Å². The maximum atomic E-state index is 11.7. The van der Waals surface area contributed by atoms with Gasteiger partial charge in [0, 0.05) is 34.9 Å². The number of halogens is 3. The molecule has 0 unspecified atom stereocenters. The average molecular weight is 614 g/mol. The molecule has 6 rings (SSSR count). The molecule has 8 heteroatoms. The van der Waals surface area contributed by atoms with Gasteiger partial charge in [-0.3, -0.25) is 9.69 Å². The molecule has 0 radical (unpaired) electrons. The highest BCUT2D eigenvalue weighted by Crippen LogP contribution is 2.42. The van der Waals surface area contributed by atoms with Crippen molar-refractivity contribution < 1.29 is 9.90 Å². The number of thiophene rings is 1. The Morgan fingerprint density at radius 3 is 2.42 bits per heavy atom. The summed E-state index contributed by atoms with van der Waals surface area (Å²) < 4.78 is 0. The Labute approximate surface area is 254 Å². The van der Waals surface area contributed by atoms with Gasteiger partial charge in [0.1, 0.15) is 6.04 Å². The summed E-state index contributed by atoms with van der Waals surface area (Å²) in [6.45, 7) is 1.41. The number of fused-ring (bicyclic) bond motifs is 2. The second kappa shape index (κ2) is 13.1. The molecule has 0 amide bonds. The van der Waals surface area contributed by atoms with E-state index < -0.39 is 12.0 Å². The van der Waals surface area contributed by atoms with Gasteiger partial charge in [0.15, 0.2) is 0 Å². The van der Waals surface area contributed by atoms with E-state index in [-0.39, 0.29) is 0 Å². The predicted molar refractivity (Wildman–Crippen MR) is 166 cm³/mol. The molecule has 40 heavy (non-hydrogen) atoms. The van der Waals surface area contributed by atoms with Crippen LogP contribution in [-0.4, -0.2) is 29.6 Å². The lowest BCUT2D eigenvalue weighted by Crippen LogP contribution is -2.37.